The number of nitrogens with zero attached hydrogens (tertiary/aromatic N) is 4. The molecule has 3 heterocycles. The largest absolute Gasteiger partial charge is 0.390 e. The van der Waals surface area contributed by atoms with Gasteiger partial charge in [0.05, 0.1) is 28.5 Å². The van der Waals surface area contributed by atoms with E-state index in [1.165, 1.54) is 0 Å². The van der Waals surface area contributed by atoms with Gasteiger partial charge in [-0.3, -0.25) is 9.13 Å². The van der Waals surface area contributed by atoms with Crippen molar-refractivity contribution < 1.29 is 5.11 Å². The summed E-state index contributed by atoms with van der Waals surface area (Å²) in [7, 11) is 1.74. The molecule has 0 saturated heterocycles. The van der Waals surface area contributed by atoms with Gasteiger partial charge >= 0.3 is 5.69 Å². The van der Waals surface area contributed by atoms with Gasteiger partial charge in [-0.2, -0.15) is 0 Å². The van der Waals surface area contributed by atoms with Crippen molar-refractivity contribution in [3.8, 4) is 11.5 Å². The first-order valence-corrected chi connectivity index (χ1v) is 11.4. The van der Waals surface area contributed by atoms with E-state index < -0.39 is 5.60 Å². The lowest BCUT2D eigenvalue weighted by Gasteiger charge is -2.17. The Morgan fingerprint density at radius 1 is 1.18 bits per heavy atom. The average molecular weight is 477 g/mol. The van der Waals surface area contributed by atoms with Gasteiger partial charge in [0.15, 0.2) is 11.6 Å². The van der Waals surface area contributed by atoms with Gasteiger partial charge in [-0.25, -0.2) is 14.8 Å². The minimum atomic E-state index is -0.871. The number of H-pyrrole nitrogens is 1. The van der Waals surface area contributed by atoms with Crippen LogP contribution in [0.1, 0.15) is 20.3 Å². The second-order valence-corrected chi connectivity index (χ2v) is 9.43. The van der Waals surface area contributed by atoms with E-state index in [4.69, 9.17) is 11.6 Å². The van der Waals surface area contributed by atoms with Gasteiger partial charge in [-0.15, -0.1) is 0 Å². The first-order valence-electron chi connectivity index (χ1n) is 11.0. The number of rotatable bonds is 6. The third-order valence-corrected chi connectivity index (χ3v) is 6.20. The maximum atomic E-state index is 12.8. The van der Waals surface area contributed by atoms with Gasteiger partial charge in [0.1, 0.15) is 5.02 Å². The molecular weight excluding hydrogens is 452 g/mol. The van der Waals surface area contributed by atoms with E-state index in [1.807, 2.05) is 48.7 Å². The summed E-state index contributed by atoms with van der Waals surface area (Å²) in [6, 6.07) is 13.7. The molecule has 2 aromatic carbocycles. The summed E-state index contributed by atoms with van der Waals surface area (Å²) in [6.45, 7) is 3.87. The Labute approximate surface area is 200 Å². The van der Waals surface area contributed by atoms with E-state index in [9.17, 15) is 9.90 Å². The molecule has 0 aliphatic heterocycles. The van der Waals surface area contributed by atoms with Crippen LogP contribution in [0, 0.1) is 0 Å². The highest BCUT2D eigenvalue weighted by Crippen LogP contribution is 2.30. The van der Waals surface area contributed by atoms with Crippen LogP contribution in [0.15, 0.2) is 59.7 Å². The fourth-order valence-corrected chi connectivity index (χ4v) is 4.20. The third-order valence-electron chi connectivity index (χ3n) is 5.93. The highest BCUT2D eigenvalue weighted by molar-refractivity contribution is 6.33. The normalized spacial score (nSPS) is 12.0. The number of hydrogen-bond donors (Lipinski definition) is 3. The van der Waals surface area contributed by atoms with Crippen molar-refractivity contribution in [1.82, 2.24) is 24.1 Å². The van der Waals surface area contributed by atoms with Crippen LogP contribution in [0.5, 0.6) is 0 Å². The minimum absolute atomic E-state index is 0.127. The van der Waals surface area contributed by atoms with Gasteiger partial charge in [-0.1, -0.05) is 35.9 Å². The lowest BCUT2D eigenvalue weighted by Crippen LogP contribution is -2.27. The monoisotopic (exact) mass is 476 g/mol. The predicted octanol–water partition coefficient (Wildman–Crippen LogP) is 4.84. The Bertz CT molecular complexity index is 1570. The van der Waals surface area contributed by atoms with Crippen LogP contribution in [0.3, 0.4) is 0 Å². The molecule has 0 bridgehead atoms. The maximum Gasteiger partial charge on any atom is 0.328 e. The molecule has 8 nitrogen and oxygen atoms in total. The summed E-state index contributed by atoms with van der Waals surface area (Å²) in [5.74, 6) is 0.988. The highest BCUT2D eigenvalue weighted by Gasteiger charge is 2.17. The highest BCUT2D eigenvalue weighted by atomic mass is 35.5. The molecule has 0 aliphatic carbocycles. The van der Waals surface area contributed by atoms with Crippen LogP contribution < -0.4 is 11.0 Å². The number of benzene rings is 2. The molecule has 0 saturated carbocycles. The SMILES string of the molecule is Cn1c(=O)n(CCC(C)(C)O)c2cc(Nc3nc(-c4[nH]cc5ccccc45)ncc3Cl)ccc21. The van der Waals surface area contributed by atoms with E-state index in [0.717, 1.165) is 33.2 Å². The Morgan fingerprint density at radius 2 is 1.97 bits per heavy atom. The molecule has 5 aromatic rings. The van der Waals surface area contributed by atoms with Gasteiger partial charge in [0, 0.05) is 30.9 Å². The Morgan fingerprint density at radius 3 is 2.76 bits per heavy atom. The summed E-state index contributed by atoms with van der Waals surface area (Å²) in [5, 5.41) is 15.9. The van der Waals surface area contributed by atoms with E-state index in [-0.39, 0.29) is 5.69 Å². The minimum Gasteiger partial charge on any atom is -0.390 e. The number of imidazole rings is 1. The van der Waals surface area contributed by atoms with Crippen LogP contribution in [0.2, 0.25) is 5.02 Å². The van der Waals surface area contributed by atoms with Gasteiger partial charge in [0.25, 0.3) is 0 Å². The number of fused-ring (bicyclic) bond motifs is 2. The molecule has 5 rings (SSSR count). The molecule has 34 heavy (non-hydrogen) atoms. The quantitative estimate of drug-likeness (QED) is 0.325. The van der Waals surface area contributed by atoms with Crippen LogP contribution >= 0.6 is 11.6 Å². The van der Waals surface area contributed by atoms with Crippen LogP contribution in [-0.2, 0) is 13.6 Å². The molecule has 174 valence electrons. The molecule has 3 aromatic heterocycles. The molecule has 0 amide bonds. The van der Waals surface area contributed by atoms with Gasteiger partial charge < -0.3 is 15.4 Å². The van der Waals surface area contributed by atoms with Crippen molar-refractivity contribution in [2.24, 2.45) is 7.05 Å². The lowest BCUT2D eigenvalue weighted by molar-refractivity contribution is 0.0662. The summed E-state index contributed by atoms with van der Waals surface area (Å²) < 4.78 is 3.28. The maximum absolute atomic E-state index is 12.8. The van der Waals surface area contributed by atoms with Crippen molar-refractivity contribution in [2.45, 2.75) is 32.4 Å². The number of aryl methyl sites for hydroxylation is 2. The van der Waals surface area contributed by atoms with Crippen LogP contribution in [0.4, 0.5) is 11.5 Å². The van der Waals surface area contributed by atoms with Crippen LogP contribution in [-0.4, -0.2) is 34.8 Å². The molecule has 9 heteroatoms. The summed E-state index contributed by atoms with van der Waals surface area (Å²) in [4.78, 5) is 25.1. The zero-order valence-corrected chi connectivity index (χ0v) is 19.9. The molecule has 0 aliphatic rings. The van der Waals surface area contributed by atoms with E-state index in [0.29, 0.717) is 29.6 Å². The van der Waals surface area contributed by atoms with E-state index >= 15 is 0 Å². The van der Waals surface area contributed by atoms with Crippen molar-refractivity contribution in [2.75, 3.05) is 5.32 Å². The number of aromatic amines is 1. The lowest BCUT2D eigenvalue weighted by atomic mass is 10.1. The topological polar surface area (TPSA) is 101 Å². The third kappa shape index (κ3) is 4.06. The fourth-order valence-electron chi connectivity index (χ4n) is 4.06. The zero-order valence-electron chi connectivity index (χ0n) is 19.1. The number of anilines is 2. The first-order chi connectivity index (χ1) is 16.2. The number of aliphatic hydroxyl groups is 1. The second kappa shape index (κ2) is 8.30. The standard InChI is InChI=1S/C25H25ClN6O2/c1-25(2,34)10-11-32-20-12-16(8-9-19(20)31(3)24(32)33)29-22-18(26)14-28-23(30-22)21-17-7-5-4-6-15(17)13-27-21/h4-9,12-14,27,34H,10-11H2,1-3H3,(H,28,29,30). The van der Waals surface area contributed by atoms with Crippen molar-refractivity contribution in [1.29, 1.82) is 0 Å². The van der Waals surface area contributed by atoms with E-state index in [1.54, 1.807) is 36.2 Å². The smallest absolute Gasteiger partial charge is 0.328 e. The molecule has 0 fully saturated rings. The molecule has 0 atom stereocenters. The molecular formula is C25H25ClN6O2. The van der Waals surface area contributed by atoms with Crippen LogP contribution in [0.25, 0.3) is 33.3 Å². The number of aromatic nitrogens is 5. The number of halogens is 1. The predicted molar refractivity (Wildman–Crippen MR) is 136 cm³/mol. The molecule has 0 radical (unpaired) electrons. The average Bonchev–Trinajstić information content (AvgIpc) is 3.33. The van der Waals surface area contributed by atoms with E-state index in [2.05, 4.69) is 20.3 Å². The van der Waals surface area contributed by atoms with Gasteiger partial charge in [0.2, 0.25) is 0 Å². The molecule has 0 spiro atoms. The second-order valence-electron chi connectivity index (χ2n) is 9.03. The summed E-state index contributed by atoms with van der Waals surface area (Å²) >= 11 is 6.42. The van der Waals surface area contributed by atoms with Crippen molar-refractivity contribution in [3.05, 3.63) is 70.4 Å². The number of hydrogen-bond acceptors (Lipinski definition) is 5. The molecule has 3 N–H and O–H groups in total. The Balaban J connectivity index is 1.52. The van der Waals surface area contributed by atoms with Crippen molar-refractivity contribution >= 4 is 44.9 Å². The van der Waals surface area contributed by atoms with Gasteiger partial charge in [-0.05, 0) is 43.9 Å². The first kappa shape index (κ1) is 22.2. The fraction of sp³-hybridized carbons (Fsp3) is 0.240. The summed E-state index contributed by atoms with van der Waals surface area (Å²) in [5.41, 5.74) is 2.12. The zero-order chi connectivity index (χ0) is 24.0. The van der Waals surface area contributed by atoms with Crippen molar-refractivity contribution in [3.63, 3.8) is 0 Å². The Kier molecular flexibility index (Phi) is 5.42. The molecule has 0 unspecified atom stereocenters. The summed E-state index contributed by atoms with van der Waals surface area (Å²) in [6.07, 6.45) is 3.95. The Hall–Kier alpha value is -3.62. The number of nitrogens with one attached hydrogen (secondary N) is 2.